The fourth-order valence-corrected chi connectivity index (χ4v) is 3.86. The average molecular weight is 386 g/mol. The number of hydrogen-bond acceptors (Lipinski definition) is 5. The van der Waals surface area contributed by atoms with Crippen LogP contribution >= 0.6 is 0 Å². The SMILES string of the molecule is COc1ccc(C(CNCc2cn(C)c(=O)n(C)c2=O)N2CCCCC2)cc1. The number of hydrogen-bond donors (Lipinski definition) is 1. The van der Waals surface area contributed by atoms with Crippen molar-refractivity contribution in [3.8, 4) is 5.75 Å². The first-order valence-electron chi connectivity index (χ1n) is 9.85. The monoisotopic (exact) mass is 386 g/mol. The molecule has 1 aliphatic heterocycles. The van der Waals surface area contributed by atoms with E-state index in [0.717, 1.165) is 30.0 Å². The summed E-state index contributed by atoms with van der Waals surface area (Å²) in [6.07, 6.45) is 5.34. The number of aromatic nitrogens is 2. The molecule has 2 aromatic rings. The van der Waals surface area contributed by atoms with Gasteiger partial charge in [0.2, 0.25) is 0 Å². The van der Waals surface area contributed by atoms with Crippen LogP contribution in [0.3, 0.4) is 0 Å². The molecule has 2 heterocycles. The van der Waals surface area contributed by atoms with Gasteiger partial charge in [0.25, 0.3) is 5.56 Å². The van der Waals surface area contributed by atoms with E-state index in [1.807, 2.05) is 12.1 Å². The van der Waals surface area contributed by atoms with Crippen LogP contribution in [0.5, 0.6) is 5.75 Å². The second-order valence-corrected chi connectivity index (χ2v) is 7.43. The standard InChI is InChI=1S/C21H30N4O3/c1-23-15-17(20(26)24(2)21(23)27)13-22-14-19(25-11-5-4-6-12-25)16-7-9-18(28-3)10-8-16/h7-10,15,19,22H,4-6,11-14H2,1-3H3. The summed E-state index contributed by atoms with van der Waals surface area (Å²) in [5.41, 5.74) is 1.29. The summed E-state index contributed by atoms with van der Waals surface area (Å²) in [5.74, 6) is 0.850. The van der Waals surface area contributed by atoms with Crippen LogP contribution in [0.1, 0.15) is 36.4 Å². The van der Waals surface area contributed by atoms with Gasteiger partial charge in [0.1, 0.15) is 5.75 Å². The van der Waals surface area contributed by atoms with E-state index in [4.69, 9.17) is 4.74 Å². The fourth-order valence-electron chi connectivity index (χ4n) is 3.86. The number of aryl methyl sites for hydroxylation is 1. The second kappa shape index (κ2) is 9.21. The molecule has 1 saturated heterocycles. The minimum absolute atomic E-state index is 0.239. The number of nitrogens with one attached hydrogen (secondary N) is 1. The van der Waals surface area contributed by atoms with Crippen molar-refractivity contribution in [1.29, 1.82) is 0 Å². The zero-order valence-corrected chi connectivity index (χ0v) is 17.0. The normalized spacial score (nSPS) is 16.1. The molecule has 0 bridgehead atoms. The summed E-state index contributed by atoms with van der Waals surface area (Å²) in [4.78, 5) is 26.7. The Hall–Kier alpha value is -2.38. The predicted octanol–water partition coefficient (Wildman–Crippen LogP) is 1.41. The highest BCUT2D eigenvalue weighted by Gasteiger charge is 2.22. The Morgan fingerprint density at radius 3 is 2.39 bits per heavy atom. The molecule has 7 heteroatoms. The largest absolute Gasteiger partial charge is 0.497 e. The Balaban J connectivity index is 1.74. The quantitative estimate of drug-likeness (QED) is 0.779. The highest BCUT2D eigenvalue weighted by atomic mass is 16.5. The van der Waals surface area contributed by atoms with Gasteiger partial charge < -0.3 is 14.6 Å². The summed E-state index contributed by atoms with van der Waals surface area (Å²) in [5, 5.41) is 3.44. The van der Waals surface area contributed by atoms with Gasteiger partial charge in [0.05, 0.1) is 7.11 Å². The molecule has 28 heavy (non-hydrogen) atoms. The van der Waals surface area contributed by atoms with Crippen molar-refractivity contribution in [3.05, 3.63) is 62.4 Å². The van der Waals surface area contributed by atoms with Crippen molar-refractivity contribution in [2.75, 3.05) is 26.7 Å². The molecule has 0 saturated carbocycles. The summed E-state index contributed by atoms with van der Waals surface area (Å²) in [6.45, 7) is 3.33. The van der Waals surface area contributed by atoms with Gasteiger partial charge in [-0.15, -0.1) is 0 Å². The molecular weight excluding hydrogens is 356 g/mol. The van der Waals surface area contributed by atoms with E-state index in [9.17, 15) is 9.59 Å². The first-order chi connectivity index (χ1) is 13.5. The first-order valence-corrected chi connectivity index (χ1v) is 9.85. The molecule has 1 fully saturated rings. The number of piperidine rings is 1. The first kappa shape index (κ1) is 20.4. The van der Waals surface area contributed by atoms with Crippen LogP contribution in [0.2, 0.25) is 0 Å². The third-order valence-corrected chi connectivity index (χ3v) is 5.50. The van der Waals surface area contributed by atoms with Crippen LogP contribution in [0.15, 0.2) is 40.1 Å². The average Bonchev–Trinajstić information content (AvgIpc) is 2.74. The maximum absolute atomic E-state index is 12.3. The molecule has 152 valence electrons. The number of nitrogens with zero attached hydrogens (tertiary/aromatic N) is 3. The van der Waals surface area contributed by atoms with Gasteiger partial charge in [0, 0.05) is 45.0 Å². The zero-order chi connectivity index (χ0) is 20.1. The molecule has 1 aromatic heterocycles. The van der Waals surface area contributed by atoms with Gasteiger partial charge in [0.15, 0.2) is 0 Å². The highest BCUT2D eigenvalue weighted by Crippen LogP contribution is 2.25. The van der Waals surface area contributed by atoms with Crippen LogP contribution < -0.4 is 21.3 Å². The molecule has 0 radical (unpaired) electrons. The van der Waals surface area contributed by atoms with Crippen LogP contribution in [0.4, 0.5) is 0 Å². The summed E-state index contributed by atoms with van der Waals surface area (Å²) in [6, 6.07) is 8.46. The Kier molecular flexibility index (Phi) is 6.70. The molecule has 1 aromatic carbocycles. The van der Waals surface area contributed by atoms with Crippen LogP contribution in [0.25, 0.3) is 0 Å². The molecule has 7 nitrogen and oxygen atoms in total. The van der Waals surface area contributed by atoms with Crippen LogP contribution in [-0.4, -0.2) is 40.8 Å². The zero-order valence-electron chi connectivity index (χ0n) is 17.0. The molecule has 1 N–H and O–H groups in total. The molecular formula is C21H30N4O3. The molecule has 1 atom stereocenters. The lowest BCUT2D eigenvalue weighted by molar-refractivity contribution is 0.160. The van der Waals surface area contributed by atoms with E-state index in [2.05, 4.69) is 22.3 Å². The van der Waals surface area contributed by atoms with Gasteiger partial charge >= 0.3 is 5.69 Å². The number of ether oxygens (including phenoxy) is 1. The maximum atomic E-state index is 12.3. The van der Waals surface area contributed by atoms with Gasteiger partial charge in [-0.25, -0.2) is 4.79 Å². The Labute approximate surface area is 165 Å². The number of rotatable bonds is 7. The molecule has 1 aliphatic rings. The topological polar surface area (TPSA) is 68.5 Å². The Morgan fingerprint density at radius 2 is 1.75 bits per heavy atom. The van der Waals surface area contributed by atoms with Gasteiger partial charge in [-0.2, -0.15) is 0 Å². The van der Waals surface area contributed by atoms with Crippen LogP contribution in [-0.2, 0) is 20.6 Å². The number of methoxy groups -OCH3 is 1. The molecule has 0 aliphatic carbocycles. The number of benzene rings is 1. The van der Waals surface area contributed by atoms with Gasteiger partial charge in [-0.1, -0.05) is 18.6 Å². The van der Waals surface area contributed by atoms with Crippen molar-refractivity contribution < 1.29 is 4.74 Å². The van der Waals surface area contributed by atoms with Crippen molar-refractivity contribution in [2.45, 2.75) is 31.8 Å². The third-order valence-electron chi connectivity index (χ3n) is 5.50. The predicted molar refractivity (Wildman–Crippen MR) is 110 cm³/mol. The smallest absolute Gasteiger partial charge is 0.330 e. The summed E-state index contributed by atoms with van der Waals surface area (Å²) < 4.78 is 7.89. The Bertz CT molecular complexity index is 895. The van der Waals surface area contributed by atoms with Gasteiger partial charge in [-0.3, -0.25) is 14.3 Å². The lowest BCUT2D eigenvalue weighted by Crippen LogP contribution is -2.41. The summed E-state index contributed by atoms with van der Waals surface area (Å²) in [7, 11) is 4.85. The second-order valence-electron chi connectivity index (χ2n) is 7.43. The minimum atomic E-state index is -0.307. The van der Waals surface area contributed by atoms with Crippen molar-refractivity contribution in [3.63, 3.8) is 0 Å². The lowest BCUT2D eigenvalue weighted by atomic mass is 10.0. The summed E-state index contributed by atoms with van der Waals surface area (Å²) >= 11 is 0. The molecule has 3 rings (SSSR count). The fraction of sp³-hybridized carbons (Fsp3) is 0.524. The molecule has 0 amide bonds. The molecule has 0 spiro atoms. The van der Waals surface area contributed by atoms with E-state index >= 15 is 0 Å². The van der Waals surface area contributed by atoms with E-state index in [1.54, 1.807) is 20.4 Å². The van der Waals surface area contributed by atoms with E-state index in [0.29, 0.717) is 12.1 Å². The van der Waals surface area contributed by atoms with Crippen molar-refractivity contribution in [1.82, 2.24) is 19.4 Å². The minimum Gasteiger partial charge on any atom is -0.497 e. The third kappa shape index (κ3) is 4.54. The molecule has 1 unspecified atom stereocenters. The van der Waals surface area contributed by atoms with Crippen molar-refractivity contribution >= 4 is 0 Å². The van der Waals surface area contributed by atoms with E-state index in [-0.39, 0.29) is 17.3 Å². The van der Waals surface area contributed by atoms with E-state index in [1.165, 1.54) is 36.4 Å². The Morgan fingerprint density at radius 1 is 1.07 bits per heavy atom. The highest BCUT2D eigenvalue weighted by molar-refractivity contribution is 5.29. The van der Waals surface area contributed by atoms with Gasteiger partial charge in [-0.05, 0) is 43.6 Å². The lowest BCUT2D eigenvalue weighted by Gasteiger charge is -2.35. The maximum Gasteiger partial charge on any atom is 0.330 e. The van der Waals surface area contributed by atoms with Crippen molar-refractivity contribution in [2.24, 2.45) is 14.1 Å². The van der Waals surface area contributed by atoms with Crippen LogP contribution in [0, 0.1) is 0 Å². The van der Waals surface area contributed by atoms with E-state index < -0.39 is 0 Å². The number of likely N-dealkylation sites (tertiary alicyclic amines) is 1.